The van der Waals surface area contributed by atoms with Crippen LogP contribution >= 0.6 is 15.9 Å². The second-order valence-electron chi connectivity index (χ2n) is 2.92. The summed E-state index contributed by atoms with van der Waals surface area (Å²) < 4.78 is 0. The molecule has 0 spiro atoms. The van der Waals surface area contributed by atoms with Crippen molar-refractivity contribution in [2.24, 2.45) is 0 Å². The topological polar surface area (TPSA) is 40.5 Å². The third kappa shape index (κ3) is 1.93. The van der Waals surface area contributed by atoms with E-state index in [0.29, 0.717) is 18.3 Å². The Morgan fingerprint density at radius 2 is 2.45 bits per heavy atom. The molecule has 2 atom stereocenters. The minimum atomic E-state index is -0.326. The lowest BCUT2D eigenvalue weighted by Crippen LogP contribution is -2.35. The van der Waals surface area contributed by atoms with Crippen LogP contribution in [0.4, 0.5) is 0 Å². The first kappa shape index (κ1) is 9.00. The first-order chi connectivity index (χ1) is 5.15. The van der Waals surface area contributed by atoms with E-state index in [1.807, 2.05) is 6.92 Å². The average Bonchev–Trinajstić information content (AvgIpc) is 2.28. The monoisotopic (exact) mass is 221 g/mol. The number of alkyl halides is 1. The maximum atomic E-state index is 11.1. The van der Waals surface area contributed by atoms with Gasteiger partial charge in [-0.05, 0) is 13.3 Å². The summed E-state index contributed by atoms with van der Waals surface area (Å²) in [5.41, 5.74) is 0. The van der Waals surface area contributed by atoms with Crippen LogP contribution in [0.2, 0.25) is 0 Å². The normalized spacial score (nSPS) is 31.0. The molecular weight excluding hydrogens is 210 g/mol. The van der Waals surface area contributed by atoms with E-state index in [0.717, 1.165) is 0 Å². The number of carbonyl (C=O) groups is 1. The highest BCUT2D eigenvalue weighted by Crippen LogP contribution is 2.17. The fourth-order valence-corrected chi connectivity index (χ4v) is 1.75. The lowest BCUT2D eigenvalue weighted by Gasteiger charge is -2.19. The summed E-state index contributed by atoms with van der Waals surface area (Å²) in [6, 6.07) is 0.190. The Morgan fingerprint density at radius 3 is 2.82 bits per heavy atom. The molecule has 3 nitrogen and oxygen atoms in total. The zero-order valence-corrected chi connectivity index (χ0v) is 8.04. The number of nitrogens with zero attached hydrogens (tertiary/aromatic N) is 1. The molecular formula is C7H12BrNO2. The van der Waals surface area contributed by atoms with Gasteiger partial charge in [-0.15, -0.1) is 0 Å². The molecule has 1 saturated heterocycles. The van der Waals surface area contributed by atoms with Gasteiger partial charge >= 0.3 is 0 Å². The molecule has 1 aliphatic heterocycles. The van der Waals surface area contributed by atoms with Crippen molar-refractivity contribution in [2.45, 2.75) is 25.5 Å². The SMILES string of the molecule is CC1CC(O)CN1C(=O)CBr. The molecule has 4 heteroatoms. The number of amides is 1. The molecule has 1 fully saturated rings. The third-order valence-electron chi connectivity index (χ3n) is 1.99. The van der Waals surface area contributed by atoms with Crippen LogP contribution < -0.4 is 0 Å². The molecule has 1 heterocycles. The van der Waals surface area contributed by atoms with Gasteiger partial charge in [0.05, 0.1) is 11.4 Å². The van der Waals surface area contributed by atoms with Gasteiger partial charge in [0, 0.05) is 12.6 Å². The number of hydrogen-bond donors (Lipinski definition) is 1. The third-order valence-corrected chi connectivity index (χ3v) is 2.47. The molecule has 1 N–H and O–H groups in total. The quantitative estimate of drug-likeness (QED) is 0.651. The summed E-state index contributed by atoms with van der Waals surface area (Å²) in [6.45, 7) is 2.45. The van der Waals surface area contributed by atoms with E-state index < -0.39 is 0 Å². The number of halogens is 1. The van der Waals surface area contributed by atoms with Gasteiger partial charge in [-0.3, -0.25) is 4.79 Å². The van der Waals surface area contributed by atoms with Gasteiger partial charge in [0.2, 0.25) is 5.91 Å². The summed E-state index contributed by atoms with van der Waals surface area (Å²) in [7, 11) is 0. The first-order valence-corrected chi connectivity index (χ1v) is 4.80. The highest BCUT2D eigenvalue weighted by Gasteiger charge is 2.30. The van der Waals surface area contributed by atoms with Gasteiger partial charge in [0.1, 0.15) is 0 Å². The largest absolute Gasteiger partial charge is 0.391 e. The number of aliphatic hydroxyl groups excluding tert-OH is 1. The van der Waals surface area contributed by atoms with Crippen molar-refractivity contribution >= 4 is 21.8 Å². The Bertz CT molecular complexity index is 163. The lowest BCUT2D eigenvalue weighted by atomic mass is 10.2. The molecule has 0 radical (unpaired) electrons. The number of β-amino-alcohol motifs (C(OH)–C–C–N with tert-alkyl or cyclic N) is 1. The molecule has 0 aromatic carbocycles. The molecule has 11 heavy (non-hydrogen) atoms. The van der Waals surface area contributed by atoms with Gasteiger partial charge in [0.25, 0.3) is 0 Å². The van der Waals surface area contributed by atoms with Crippen molar-refractivity contribution in [2.75, 3.05) is 11.9 Å². The van der Waals surface area contributed by atoms with Crippen molar-refractivity contribution in [1.82, 2.24) is 4.90 Å². The number of carbonyl (C=O) groups excluding carboxylic acids is 1. The van der Waals surface area contributed by atoms with Gasteiger partial charge in [-0.25, -0.2) is 0 Å². The minimum Gasteiger partial charge on any atom is -0.391 e. The molecule has 0 aromatic heterocycles. The number of aliphatic hydroxyl groups is 1. The van der Waals surface area contributed by atoms with Gasteiger partial charge in [-0.2, -0.15) is 0 Å². The van der Waals surface area contributed by atoms with Crippen molar-refractivity contribution in [1.29, 1.82) is 0 Å². The minimum absolute atomic E-state index is 0.0639. The summed E-state index contributed by atoms with van der Waals surface area (Å²) in [4.78, 5) is 12.8. The molecule has 0 saturated carbocycles. The van der Waals surface area contributed by atoms with Crippen LogP contribution in [-0.4, -0.2) is 39.9 Å². The smallest absolute Gasteiger partial charge is 0.233 e. The Morgan fingerprint density at radius 1 is 1.82 bits per heavy atom. The zero-order chi connectivity index (χ0) is 8.43. The second-order valence-corrected chi connectivity index (χ2v) is 3.48. The molecule has 0 bridgehead atoms. The van der Waals surface area contributed by atoms with Crippen LogP contribution in [0.3, 0.4) is 0 Å². The Hall–Kier alpha value is -0.0900. The van der Waals surface area contributed by atoms with Crippen molar-refractivity contribution < 1.29 is 9.90 Å². The average molecular weight is 222 g/mol. The van der Waals surface area contributed by atoms with Crippen LogP contribution in [0.15, 0.2) is 0 Å². The molecule has 1 rings (SSSR count). The Kier molecular flexibility index (Phi) is 2.90. The standard InChI is InChI=1S/C7H12BrNO2/c1-5-2-6(10)4-9(5)7(11)3-8/h5-6,10H,2-4H2,1H3. The maximum absolute atomic E-state index is 11.1. The van der Waals surface area contributed by atoms with Crippen molar-refractivity contribution in [3.8, 4) is 0 Å². The molecule has 0 aliphatic carbocycles. The molecule has 1 aliphatic rings. The summed E-state index contributed by atoms with van der Waals surface area (Å²) in [5, 5.41) is 9.56. The molecule has 0 aromatic rings. The van der Waals surface area contributed by atoms with Crippen LogP contribution in [0, 0.1) is 0 Å². The van der Waals surface area contributed by atoms with Crippen LogP contribution in [0.1, 0.15) is 13.3 Å². The molecule has 2 unspecified atom stereocenters. The predicted octanol–water partition coefficient (Wildman–Crippen LogP) is 0.363. The van der Waals surface area contributed by atoms with Gasteiger partial charge in [-0.1, -0.05) is 15.9 Å². The van der Waals surface area contributed by atoms with E-state index in [9.17, 15) is 9.90 Å². The van der Waals surface area contributed by atoms with Crippen LogP contribution in [0.5, 0.6) is 0 Å². The summed E-state index contributed by atoms with van der Waals surface area (Å²) >= 11 is 3.10. The van der Waals surface area contributed by atoms with E-state index in [2.05, 4.69) is 15.9 Å². The molecule has 64 valence electrons. The van der Waals surface area contributed by atoms with E-state index in [1.54, 1.807) is 4.90 Å². The fourth-order valence-electron chi connectivity index (χ4n) is 1.43. The Balaban J connectivity index is 2.52. The Labute approximate surface area is 74.5 Å². The van der Waals surface area contributed by atoms with E-state index in [1.165, 1.54) is 0 Å². The van der Waals surface area contributed by atoms with Gasteiger partial charge < -0.3 is 10.0 Å². The highest BCUT2D eigenvalue weighted by atomic mass is 79.9. The maximum Gasteiger partial charge on any atom is 0.233 e. The van der Waals surface area contributed by atoms with E-state index in [4.69, 9.17) is 0 Å². The van der Waals surface area contributed by atoms with Crippen LogP contribution in [0.25, 0.3) is 0 Å². The van der Waals surface area contributed by atoms with Crippen molar-refractivity contribution in [3.63, 3.8) is 0 Å². The number of hydrogen-bond acceptors (Lipinski definition) is 2. The van der Waals surface area contributed by atoms with Gasteiger partial charge in [0.15, 0.2) is 0 Å². The zero-order valence-electron chi connectivity index (χ0n) is 6.46. The fraction of sp³-hybridized carbons (Fsp3) is 0.857. The van der Waals surface area contributed by atoms with E-state index in [-0.39, 0.29) is 18.1 Å². The highest BCUT2D eigenvalue weighted by molar-refractivity contribution is 9.09. The lowest BCUT2D eigenvalue weighted by molar-refractivity contribution is -0.129. The van der Waals surface area contributed by atoms with E-state index >= 15 is 0 Å². The predicted molar refractivity (Wildman–Crippen MR) is 45.6 cm³/mol. The molecule has 1 amide bonds. The van der Waals surface area contributed by atoms with Crippen molar-refractivity contribution in [3.05, 3.63) is 0 Å². The first-order valence-electron chi connectivity index (χ1n) is 3.68. The second kappa shape index (κ2) is 3.54. The number of likely N-dealkylation sites (tertiary alicyclic amines) is 1. The summed E-state index contributed by atoms with van der Waals surface area (Å²) in [6.07, 6.45) is 0.381. The van der Waals surface area contributed by atoms with Crippen LogP contribution in [-0.2, 0) is 4.79 Å². The summed E-state index contributed by atoms with van der Waals surface area (Å²) in [5.74, 6) is 0.0639. The number of rotatable bonds is 1.